The number of ether oxygens (including phenoxy) is 1. The number of hydrogen-bond acceptors (Lipinski definition) is 7. The first-order valence-corrected chi connectivity index (χ1v) is 12.1. The summed E-state index contributed by atoms with van der Waals surface area (Å²) in [5.41, 5.74) is 5.81. The first-order valence-electron chi connectivity index (χ1n) is 9.50. The summed E-state index contributed by atoms with van der Waals surface area (Å²) < 4.78 is 7.79. The predicted molar refractivity (Wildman–Crippen MR) is 133 cm³/mol. The predicted octanol–water partition coefficient (Wildman–Crippen LogP) is 5.83. The van der Waals surface area contributed by atoms with Crippen LogP contribution in [-0.2, 0) is 5.75 Å². The molecule has 1 aromatic heterocycles. The molecule has 0 aliphatic rings. The van der Waals surface area contributed by atoms with Gasteiger partial charge >= 0.3 is 0 Å². The van der Waals surface area contributed by atoms with Crippen LogP contribution < -0.4 is 10.2 Å². The number of carbonyl (C=O) groups is 1. The maximum atomic E-state index is 12.4. The van der Waals surface area contributed by atoms with Gasteiger partial charge in [-0.15, -0.1) is 11.3 Å². The number of nitrogens with one attached hydrogen (secondary N) is 1. The lowest BCUT2D eigenvalue weighted by Gasteiger charge is -2.06. The molecular formula is C23H18BrN3O3S2. The molecule has 1 amide bonds. The number of amides is 1. The minimum absolute atomic E-state index is 0.00933. The van der Waals surface area contributed by atoms with Gasteiger partial charge in [-0.2, -0.15) is 5.10 Å². The van der Waals surface area contributed by atoms with E-state index in [4.69, 9.17) is 4.74 Å². The number of halogens is 1. The van der Waals surface area contributed by atoms with Crippen LogP contribution in [0.1, 0.15) is 21.5 Å². The van der Waals surface area contributed by atoms with E-state index < -0.39 is 0 Å². The van der Waals surface area contributed by atoms with Gasteiger partial charge in [0, 0.05) is 11.3 Å². The fraction of sp³-hybridized carbons (Fsp3) is 0.0870. The molecule has 32 heavy (non-hydrogen) atoms. The Morgan fingerprint density at radius 3 is 2.78 bits per heavy atom. The third-order valence-corrected chi connectivity index (χ3v) is 7.36. The van der Waals surface area contributed by atoms with Crippen molar-refractivity contribution in [2.24, 2.45) is 5.10 Å². The largest absolute Gasteiger partial charge is 0.503 e. The van der Waals surface area contributed by atoms with Crippen molar-refractivity contribution < 1.29 is 14.6 Å². The first kappa shape index (κ1) is 22.3. The minimum Gasteiger partial charge on any atom is -0.503 e. The molecule has 4 aromatic rings. The smallest absolute Gasteiger partial charge is 0.271 e. The number of hydrogen-bond donors (Lipinski definition) is 2. The fourth-order valence-electron chi connectivity index (χ4n) is 2.86. The van der Waals surface area contributed by atoms with Gasteiger partial charge < -0.3 is 9.84 Å². The molecule has 0 saturated heterocycles. The minimum atomic E-state index is -0.309. The van der Waals surface area contributed by atoms with Gasteiger partial charge in [-0.3, -0.25) is 4.79 Å². The van der Waals surface area contributed by atoms with Crippen molar-refractivity contribution in [2.45, 2.75) is 10.1 Å². The molecule has 3 aromatic carbocycles. The van der Waals surface area contributed by atoms with Crippen LogP contribution in [0, 0.1) is 0 Å². The summed E-state index contributed by atoms with van der Waals surface area (Å²) in [4.78, 5) is 17.0. The van der Waals surface area contributed by atoms with Gasteiger partial charge in [0.1, 0.15) is 0 Å². The summed E-state index contributed by atoms with van der Waals surface area (Å²) in [7, 11) is 1.46. The lowest BCUT2D eigenvalue weighted by molar-refractivity contribution is 0.0955. The van der Waals surface area contributed by atoms with Gasteiger partial charge in [0.05, 0.1) is 28.0 Å². The molecule has 0 unspecified atom stereocenters. The summed E-state index contributed by atoms with van der Waals surface area (Å²) >= 11 is 6.62. The van der Waals surface area contributed by atoms with Gasteiger partial charge in [-0.05, 0) is 63.5 Å². The Kier molecular flexibility index (Phi) is 7.09. The number of methoxy groups -OCH3 is 1. The maximum Gasteiger partial charge on any atom is 0.271 e. The highest BCUT2D eigenvalue weighted by atomic mass is 79.9. The summed E-state index contributed by atoms with van der Waals surface area (Å²) in [6.45, 7) is 0. The molecule has 0 fully saturated rings. The number of hydrazone groups is 1. The molecule has 1 heterocycles. The number of fused-ring (bicyclic) bond motifs is 1. The SMILES string of the molecule is COc1cc(/C=N\NC(=O)c2ccc(CSc3nc4ccccc4s3)cc2)cc(Br)c1O. The molecule has 2 N–H and O–H groups in total. The van der Waals surface area contributed by atoms with Crippen LogP contribution in [0.2, 0.25) is 0 Å². The lowest BCUT2D eigenvalue weighted by atomic mass is 10.1. The van der Waals surface area contributed by atoms with E-state index in [1.54, 1.807) is 47.4 Å². The number of carbonyl (C=O) groups excluding carboxylic acids is 1. The van der Waals surface area contributed by atoms with Gasteiger partial charge in [0.25, 0.3) is 5.91 Å². The van der Waals surface area contributed by atoms with Crippen molar-refractivity contribution in [3.63, 3.8) is 0 Å². The molecule has 0 bridgehead atoms. The first-order chi connectivity index (χ1) is 15.5. The average molecular weight is 528 g/mol. The maximum absolute atomic E-state index is 12.4. The number of phenolic OH excluding ortho intramolecular Hbond substituents is 1. The Hall–Kier alpha value is -2.88. The second-order valence-corrected chi connectivity index (χ2v) is 9.79. The third kappa shape index (κ3) is 5.29. The van der Waals surface area contributed by atoms with Crippen LogP contribution in [0.15, 0.2) is 74.6 Å². The van der Waals surface area contributed by atoms with Crippen LogP contribution in [0.25, 0.3) is 10.2 Å². The van der Waals surface area contributed by atoms with E-state index in [-0.39, 0.29) is 11.7 Å². The molecule has 162 valence electrons. The van der Waals surface area contributed by atoms with E-state index in [1.807, 2.05) is 30.3 Å². The zero-order valence-corrected chi connectivity index (χ0v) is 20.1. The van der Waals surface area contributed by atoms with Crippen molar-refractivity contribution in [3.05, 3.63) is 81.8 Å². The van der Waals surface area contributed by atoms with Gasteiger partial charge in [-0.25, -0.2) is 10.4 Å². The van der Waals surface area contributed by atoms with Crippen molar-refractivity contribution in [1.29, 1.82) is 0 Å². The molecule has 0 aliphatic heterocycles. The van der Waals surface area contributed by atoms with Crippen molar-refractivity contribution in [2.75, 3.05) is 7.11 Å². The number of para-hydroxylation sites is 1. The van der Waals surface area contributed by atoms with Crippen LogP contribution in [0.4, 0.5) is 0 Å². The van der Waals surface area contributed by atoms with Gasteiger partial charge in [-0.1, -0.05) is 36.0 Å². The van der Waals surface area contributed by atoms with E-state index >= 15 is 0 Å². The number of nitrogens with zero attached hydrogens (tertiary/aromatic N) is 2. The fourth-order valence-corrected chi connectivity index (χ4v) is 5.35. The summed E-state index contributed by atoms with van der Waals surface area (Å²) in [5.74, 6) is 0.787. The van der Waals surface area contributed by atoms with Crippen molar-refractivity contribution in [1.82, 2.24) is 10.4 Å². The number of thiazole rings is 1. The van der Waals surface area contributed by atoms with E-state index in [0.717, 1.165) is 21.2 Å². The number of phenols is 1. The molecule has 0 spiro atoms. The Morgan fingerprint density at radius 2 is 2.03 bits per heavy atom. The zero-order chi connectivity index (χ0) is 22.5. The molecule has 0 aliphatic carbocycles. The van der Waals surface area contributed by atoms with Crippen molar-refractivity contribution in [3.8, 4) is 11.5 Å². The standard InChI is InChI=1S/C23H18BrN3O3S2/c1-30-19-11-15(10-17(24)21(19)28)12-25-27-22(29)16-8-6-14(7-9-16)13-31-23-26-18-4-2-3-5-20(18)32-23/h2-12,28H,13H2,1H3,(H,27,29)/b25-12-. The summed E-state index contributed by atoms with van der Waals surface area (Å²) in [5, 5.41) is 13.8. The Labute approximate surface area is 201 Å². The average Bonchev–Trinajstić information content (AvgIpc) is 3.23. The number of benzene rings is 3. The number of thioether (sulfide) groups is 1. The second kappa shape index (κ2) is 10.2. The summed E-state index contributed by atoms with van der Waals surface area (Å²) in [6, 6.07) is 18.8. The topological polar surface area (TPSA) is 83.8 Å². The monoisotopic (exact) mass is 527 g/mol. The summed E-state index contributed by atoms with van der Waals surface area (Å²) in [6.07, 6.45) is 1.48. The van der Waals surface area contributed by atoms with Crippen LogP contribution in [-0.4, -0.2) is 29.3 Å². The number of aromatic nitrogens is 1. The molecule has 6 nitrogen and oxygen atoms in total. The van der Waals surface area contributed by atoms with E-state index in [1.165, 1.54) is 18.0 Å². The second-order valence-electron chi connectivity index (χ2n) is 6.69. The van der Waals surface area contributed by atoms with Crippen LogP contribution in [0.3, 0.4) is 0 Å². The number of rotatable bonds is 7. The van der Waals surface area contributed by atoms with Crippen molar-refractivity contribution >= 4 is 61.4 Å². The quantitative estimate of drug-likeness (QED) is 0.179. The Bertz CT molecular complexity index is 1260. The highest BCUT2D eigenvalue weighted by molar-refractivity contribution is 9.10. The highest BCUT2D eigenvalue weighted by Gasteiger charge is 2.09. The molecule has 0 saturated carbocycles. The molecular weight excluding hydrogens is 510 g/mol. The van der Waals surface area contributed by atoms with Gasteiger partial charge in [0.2, 0.25) is 0 Å². The zero-order valence-electron chi connectivity index (χ0n) is 16.9. The lowest BCUT2D eigenvalue weighted by Crippen LogP contribution is -2.17. The van der Waals surface area contributed by atoms with Crippen LogP contribution >= 0.6 is 39.0 Å². The van der Waals surface area contributed by atoms with Crippen LogP contribution in [0.5, 0.6) is 11.5 Å². The number of aromatic hydroxyl groups is 1. The molecule has 0 atom stereocenters. The van der Waals surface area contributed by atoms with E-state index in [9.17, 15) is 9.90 Å². The molecule has 4 rings (SSSR count). The normalized spacial score (nSPS) is 11.2. The highest BCUT2D eigenvalue weighted by Crippen LogP contribution is 2.34. The Morgan fingerprint density at radius 1 is 1.25 bits per heavy atom. The van der Waals surface area contributed by atoms with E-state index in [2.05, 4.69) is 37.5 Å². The van der Waals surface area contributed by atoms with E-state index in [0.29, 0.717) is 21.3 Å². The molecule has 9 heteroatoms. The Balaban J connectivity index is 1.33. The third-order valence-electron chi connectivity index (χ3n) is 4.50. The molecule has 0 radical (unpaired) electrons. The van der Waals surface area contributed by atoms with Gasteiger partial charge in [0.15, 0.2) is 15.8 Å².